The van der Waals surface area contributed by atoms with Crippen molar-refractivity contribution in [3.8, 4) is 0 Å². The zero-order valence-electron chi connectivity index (χ0n) is 12.8. The van der Waals surface area contributed by atoms with E-state index in [4.69, 9.17) is 4.98 Å². The molecule has 1 atom stereocenters. The average Bonchev–Trinajstić information content (AvgIpc) is 3.09. The van der Waals surface area contributed by atoms with Crippen LogP contribution in [0, 0.1) is 17.8 Å². The second kappa shape index (κ2) is 4.79. The molecule has 5 fully saturated rings. The fourth-order valence-electron chi connectivity index (χ4n) is 6.21. The molecule has 0 aromatic carbocycles. The van der Waals surface area contributed by atoms with Crippen LogP contribution in [0.4, 0.5) is 0 Å². The van der Waals surface area contributed by atoms with Crippen LogP contribution in [0.3, 0.4) is 0 Å². The van der Waals surface area contributed by atoms with Gasteiger partial charge in [-0.2, -0.15) is 0 Å². The fraction of sp³-hybridized carbons (Fsp3) is 0.833. The van der Waals surface area contributed by atoms with Crippen LogP contribution in [0.2, 0.25) is 0 Å². The summed E-state index contributed by atoms with van der Waals surface area (Å²) in [6.07, 6.45) is 12.8. The maximum Gasteiger partial charge on any atom is 0.0944 e. The molecule has 6 rings (SSSR count). The molecule has 3 heteroatoms. The molecule has 4 bridgehead atoms. The van der Waals surface area contributed by atoms with E-state index >= 15 is 0 Å². The number of hydrogen-bond acceptors (Lipinski definition) is 3. The molecule has 4 aliphatic carbocycles. The van der Waals surface area contributed by atoms with Gasteiger partial charge in [-0.05, 0) is 75.7 Å². The number of hydrogen-bond donors (Lipinski definition) is 1. The molecular formula is C18H26N2S. The van der Waals surface area contributed by atoms with Gasteiger partial charge in [0.25, 0.3) is 0 Å². The third-order valence-corrected chi connectivity index (χ3v) is 7.59. The third kappa shape index (κ3) is 2.19. The first kappa shape index (κ1) is 13.1. The quantitative estimate of drug-likeness (QED) is 0.916. The highest BCUT2D eigenvalue weighted by Crippen LogP contribution is 2.60. The molecule has 2 nitrogen and oxygen atoms in total. The van der Waals surface area contributed by atoms with Crippen molar-refractivity contribution in [1.29, 1.82) is 0 Å². The Bertz CT molecular complexity index is 494. The van der Waals surface area contributed by atoms with Gasteiger partial charge in [-0.15, -0.1) is 11.3 Å². The minimum absolute atomic E-state index is 0.493. The molecule has 1 aromatic rings. The Kier molecular flexibility index (Phi) is 2.98. The van der Waals surface area contributed by atoms with Gasteiger partial charge in [0.1, 0.15) is 0 Å². The van der Waals surface area contributed by atoms with Gasteiger partial charge in [-0.25, -0.2) is 4.98 Å². The van der Waals surface area contributed by atoms with Crippen LogP contribution in [0.1, 0.15) is 62.1 Å². The summed E-state index contributed by atoms with van der Waals surface area (Å²) in [5.41, 5.74) is 1.98. The van der Waals surface area contributed by atoms with E-state index in [9.17, 15) is 0 Å². The second-order valence-corrected chi connectivity index (χ2v) is 9.26. The number of rotatable bonds is 3. The van der Waals surface area contributed by atoms with Gasteiger partial charge in [-0.1, -0.05) is 0 Å². The third-order valence-electron chi connectivity index (χ3n) is 6.72. The summed E-state index contributed by atoms with van der Waals surface area (Å²) in [4.78, 5) is 5.14. The molecule has 1 aliphatic heterocycles. The van der Waals surface area contributed by atoms with E-state index in [0.29, 0.717) is 11.5 Å². The maximum absolute atomic E-state index is 5.14. The number of nitrogens with one attached hydrogen (secondary N) is 1. The minimum Gasteiger partial charge on any atom is -0.314 e. The average molecular weight is 302 g/mol. The second-order valence-electron chi connectivity index (χ2n) is 8.32. The summed E-state index contributed by atoms with van der Waals surface area (Å²) in [7, 11) is 0. The van der Waals surface area contributed by atoms with Crippen LogP contribution >= 0.6 is 11.3 Å². The van der Waals surface area contributed by atoms with Crippen LogP contribution in [0.25, 0.3) is 0 Å². The van der Waals surface area contributed by atoms with Crippen LogP contribution < -0.4 is 5.32 Å². The lowest BCUT2D eigenvalue weighted by Gasteiger charge is -2.56. The highest BCUT2D eigenvalue weighted by molar-refractivity contribution is 7.09. The summed E-state index contributed by atoms with van der Waals surface area (Å²) >= 11 is 1.93. The lowest BCUT2D eigenvalue weighted by Crippen LogP contribution is -2.48. The number of thiazole rings is 1. The van der Waals surface area contributed by atoms with Crippen molar-refractivity contribution in [2.75, 3.05) is 6.54 Å². The van der Waals surface area contributed by atoms with Gasteiger partial charge in [0.05, 0.1) is 10.7 Å². The van der Waals surface area contributed by atoms with Gasteiger partial charge in [0.15, 0.2) is 0 Å². The fourth-order valence-corrected chi connectivity index (χ4v) is 7.21. The maximum atomic E-state index is 5.14. The topological polar surface area (TPSA) is 24.9 Å². The lowest BCUT2D eigenvalue weighted by atomic mass is 9.49. The zero-order valence-corrected chi connectivity index (χ0v) is 13.6. The molecule has 114 valence electrons. The smallest absolute Gasteiger partial charge is 0.0944 e. The first-order valence-corrected chi connectivity index (χ1v) is 9.85. The van der Waals surface area contributed by atoms with E-state index in [1.54, 1.807) is 0 Å². The van der Waals surface area contributed by atoms with E-state index in [0.717, 1.165) is 24.2 Å². The van der Waals surface area contributed by atoms with Crippen molar-refractivity contribution in [3.05, 3.63) is 16.1 Å². The minimum atomic E-state index is 0.493. The molecule has 4 saturated carbocycles. The van der Waals surface area contributed by atoms with Gasteiger partial charge in [0.2, 0.25) is 0 Å². The number of aromatic nitrogens is 1. The molecule has 1 N–H and O–H groups in total. The van der Waals surface area contributed by atoms with Gasteiger partial charge in [0, 0.05) is 23.3 Å². The zero-order chi connectivity index (χ0) is 13.9. The van der Waals surface area contributed by atoms with E-state index in [2.05, 4.69) is 10.7 Å². The van der Waals surface area contributed by atoms with Gasteiger partial charge in [-0.3, -0.25) is 0 Å². The summed E-state index contributed by atoms with van der Waals surface area (Å²) in [6.45, 7) is 1.21. The van der Waals surface area contributed by atoms with Gasteiger partial charge >= 0.3 is 0 Å². The van der Waals surface area contributed by atoms with Crippen molar-refractivity contribution in [2.45, 2.75) is 69.2 Å². The van der Waals surface area contributed by atoms with Crippen LogP contribution in [0.5, 0.6) is 0 Å². The standard InChI is InChI=1S/C18H26N2S/c1-2-15(19-3-1)7-17-20-16(11-21-17)18-8-12-4-13(9-18)6-14(5-12)10-18/h11-15,19H,1-10H2. The molecule has 0 spiro atoms. The van der Waals surface area contributed by atoms with E-state index in [1.165, 1.54) is 68.6 Å². The molecule has 1 unspecified atom stereocenters. The molecular weight excluding hydrogens is 276 g/mol. The lowest BCUT2D eigenvalue weighted by molar-refractivity contribution is -0.00698. The SMILES string of the molecule is c1sc(CC2CCCN2)nc1C12CC3CC(CC(C3)C1)C2. The first-order valence-electron chi connectivity index (χ1n) is 8.97. The Morgan fingerprint density at radius 1 is 1.14 bits per heavy atom. The number of nitrogens with zero attached hydrogens (tertiary/aromatic N) is 1. The largest absolute Gasteiger partial charge is 0.314 e. The Labute approximate surface area is 131 Å². The Morgan fingerprint density at radius 2 is 1.86 bits per heavy atom. The van der Waals surface area contributed by atoms with Crippen molar-refractivity contribution in [2.24, 2.45) is 17.8 Å². The van der Waals surface area contributed by atoms with Gasteiger partial charge < -0.3 is 5.32 Å². The predicted octanol–water partition coefficient (Wildman–Crippen LogP) is 3.91. The molecule has 2 heterocycles. The predicted molar refractivity (Wildman–Crippen MR) is 86.7 cm³/mol. The molecule has 1 saturated heterocycles. The molecule has 1 aromatic heterocycles. The van der Waals surface area contributed by atoms with E-state index < -0.39 is 0 Å². The Balaban J connectivity index is 1.39. The Hall–Kier alpha value is -0.410. The van der Waals surface area contributed by atoms with Crippen LogP contribution in [0.15, 0.2) is 5.38 Å². The summed E-state index contributed by atoms with van der Waals surface area (Å²) in [5.74, 6) is 3.08. The van der Waals surface area contributed by atoms with E-state index in [1.807, 2.05) is 11.3 Å². The van der Waals surface area contributed by atoms with Crippen LogP contribution in [-0.4, -0.2) is 17.6 Å². The first-order chi connectivity index (χ1) is 10.3. The Morgan fingerprint density at radius 3 is 2.48 bits per heavy atom. The molecule has 0 radical (unpaired) electrons. The van der Waals surface area contributed by atoms with Crippen molar-refractivity contribution < 1.29 is 0 Å². The van der Waals surface area contributed by atoms with Crippen molar-refractivity contribution >= 4 is 11.3 Å². The summed E-state index contributed by atoms with van der Waals surface area (Å²) in [6, 6.07) is 0.695. The van der Waals surface area contributed by atoms with Crippen LogP contribution in [-0.2, 0) is 11.8 Å². The van der Waals surface area contributed by atoms with Crippen molar-refractivity contribution in [1.82, 2.24) is 10.3 Å². The molecule has 5 aliphatic rings. The normalized spacial score (nSPS) is 44.6. The summed E-state index contributed by atoms with van der Waals surface area (Å²) in [5, 5.41) is 7.43. The van der Waals surface area contributed by atoms with Crippen molar-refractivity contribution in [3.63, 3.8) is 0 Å². The highest BCUT2D eigenvalue weighted by Gasteiger charge is 2.52. The highest BCUT2D eigenvalue weighted by atomic mass is 32.1. The molecule has 0 amide bonds. The molecule has 21 heavy (non-hydrogen) atoms. The summed E-state index contributed by atoms with van der Waals surface area (Å²) < 4.78 is 0. The van der Waals surface area contributed by atoms with E-state index in [-0.39, 0.29) is 0 Å². The monoisotopic (exact) mass is 302 g/mol.